The van der Waals surface area contributed by atoms with E-state index in [2.05, 4.69) is 19.1 Å². The normalized spacial score (nSPS) is 12.2. The Morgan fingerprint density at radius 3 is 2.48 bits per heavy atom. The van der Waals surface area contributed by atoms with Gasteiger partial charge in [-0.1, -0.05) is 12.1 Å². The molecule has 0 aliphatic rings. The molecular weight excluding hydrogens is 427 g/mol. The van der Waals surface area contributed by atoms with Crippen LogP contribution in [0.3, 0.4) is 0 Å². The van der Waals surface area contributed by atoms with Crippen LogP contribution in [0.15, 0.2) is 60.2 Å². The Labute approximate surface area is 166 Å². The van der Waals surface area contributed by atoms with Gasteiger partial charge in [-0.05, 0) is 24.3 Å². The van der Waals surface area contributed by atoms with Crippen LogP contribution in [0.5, 0.6) is 5.75 Å². The highest BCUT2D eigenvalue weighted by molar-refractivity contribution is 7.88. The summed E-state index contributed by atoms with van der Waals surface area (Å²) in [5, 5.41) is 2.64. The van der Waals surface area contributed by atoms with E-state index in [9.17, 15) is 21.6 Å². The van der Waals surface area contributed by atoms with Crippen LogP contribution in [0.25, 0.3) is 32.9 Å². The summed E-state index contributed by atoms with van der Waals surface area (Å²) in [6.07, 6.45) is 2.82. The summed E-state index contributed by atoms with van der Waals surface area (Å²) in [6, 6.07) is 11.1. The van der Waals surface area contributed by atoms with Gasteiger partial charge in [0.15, 0.2) is 5.75 Å². The van der Waals surface area contributed by atoms with E-state index in [1.54, 1.807) is 36.5 Å². The first-order valence-electron chi connectivity index (χ1n) is 8.01. The van der Waals surface area contributed by atoms with Crippen LogP contribution in [0.4, 0.5) is 13.2 Å². The lowest BCUT2D eigenvalue weighted by atomic mass is 10.1. The van der Waals surface area contributed by atoms with Gasteiger partial charge in [-0.25, -0.2) is 9.97 Å². The van der Waals surface area contributed by atoms with Gasteiger partial charge in [-0.2, -0.15) is 21.6 Å². The third-order valence-electron chi connectivity index (χ3n) is 3.88. The smallest absolute Gasteiger partial charge is 0.375 e. The highest BCUT2D eigenvalue weighted by Crippen LogP contribution is 2.33. The van der Waals surface area contributed by atoms with Gasteiger partial charge >= 0.3 is 15.6 Å². The van der Waals surface area contributed by atoms with Crippen molar-refractivity contribution in [3.63, 3.8) is 0 Å². The Bertz CT molecular complexity index is 1290. The Morgan fingerprint density at radius 2 is 1.76 bits per heavy atom. The molecule has 3 aromatic heterocycles. The molecule has 148 valence electrons. The monoisotopic (exact) mass is 437 g/mol. The second kappa shape index (κ2) is 7.08. The van der Waals surface area contributed by atoms with E-state index in [4.69, 9.17) is 0 Å². The Morgan fingerprint density at radius 1 is 0.966 bits per heavy atom. The highest BCUT2D eigenvalue weighted by atomic mass is 32.2. The Kier molecular flexibility index (Phi) is 4.71. The van der Waals surface area contributed by atoms with Crippen molar-refractivity contribution < 1.29 is 25.8 Å². The van der Waals surface area contributed by atoms with Gasteiger partial charge in [0.2, 0.25) is 0 Å². The van der Waals surface area contributed by atoms with Crippen molar-refractivity contribution in [2.45, 2.75) is 5.51 Å². The second-order valence-electron chi connectivity index (χ2n) is 5.77. The van der Waals surface area contributed by atoms with E-state index in [1.165, 1.54) is 23.6 Å². The molecule has 0 aliphatic carbocycles. The van der Waals surface area contributed by atoms with Gasteiger partial charge in [-0.15, -0.1) is 11.3 Å². The summed E-state index contributed by atoms with van der Waals surface area (Å²) in [4.78, 5) is 12.8. The van der Waals surface area contributed by atoms with Crippen molar-refractivity contribution in [3.05, 3.63) is 60.2 Å². The molecule has 4 aromatic rings. The number of fused-ring (bicyclic) bond motifs is 1. The van der Waals surface area contributed by atoms with E-state index >= 15 is 0 Å². The minimum atomic E-state index is -5.81. The van der Waals surface area contributed by atoms with Gasteiger partial charge < -0.3 is 4.18 Å². The third-order valence-corrected chi connectivity index (χ3v) is 5.64. The molecule has 0 bridgehead atoms. The summed E-state index contributed by atoms with van der Waals surface area (Å²) in [5.74, 6) is -0.467. The van der Waals surface area contributed by atoms with E-state index in [0.717, 1.165) is 11.1 Å². The van der Waals surface area contributed by atoms with Crippen LogP contribution in [0, 0.1) is 0 Å². The maximum absolute atomic E-state index is 12.7. The van der Waals surface area contributed by atoms with Crippen molar-refractivity contribution in [2.24, 2.45) is 0 Å². The molecule has 0 atom stereocenters. The molecule has 0 fully saturated rings. The zero-order valence-corrected chi connectivity index (χ0v) is 15.9. The highest BCUT2D eigenvalue weighted by Gasteiger charge is 2.48. The molecule has 0 saturated carbocycles. The van der Waals surface area contributed by atoms with Crippen LogP contribution >= 0.6 is 11.3 Å². The molecule has 6 nitrogen and oxygen atoms in total. The summed E-state index contributed by atoms with van der Waals surface area (Å²) in [5.41, 5.74) is -3.53. The number of halogens is 3. The minimum Gasteiger partial charge on any atom is -0.375 e. The van der Waals surface area contributed by atoms with Crippen molar-refractivity contribution in [1.82, 2.24) is 15.0 Å². The number of benzene rings is 1. The maximum atomic E-state index is 12.7. The van der Waals surface area contributed by atoms with Gasteiger partial charge in [-0.3, -0.25) is 4.98 Å². The maximum Gasteiger partial charge on any atom is 0.534 e. The average Bonchev–Trinajstić information content (AvgIpc) is 3.22. The number of hydrogen-bond donors (Lipinski definition) is 0. The van der Waals surface area contributed by atoms with Crippen molar-refractivity contribution >= 4 is 32.4 Å². The van der Waals surface area contributed by atoms with E-state index in [-0.39, 0.29) is 10.9 Å². The number of nitrogens with zero attached hydrogens (tertiary/aromatic N) is 3. The lowest BCUT2D eigenvalue weighted by Gasteiger charge is -2.12. The predicted octanol–water partition coefficient (Wildman–Crippen LogP) is 4.65. The lowest BCUT2D eigenvalue weighted by Crippen LogP contribution is -2.28. The minimum absolute atomic E-state index is 0.110. The molecule has 4 rings (SSSR count). The average molecular weight is 437 g/mol. The fraction of sp³-hybridized carbons (Fsp3) is 0.0556. The van der Waals surface area contributed by atoms with Gasteiger partial charge in [0.05, 0.1) is 16.9 Å². The van der Waals surface area contributed by atoms with Crippen LogP contribution in [0.2, 0.25) is 0 Å². The van der Waals surface area contributed by atoms with Crippen LogP contribution in [0.1, 0.15) is 0 Å². The lowest BCUT2D eigenvalue weighted by molar-refractivity contribution is -0.0499. The number of hydrogen-bond acceptors (Lipinski definition) is 7. The third kappa shape index (κ3) is 3.78. The van der Waals surface area contributed by atoms with E-state index < -0.39 is 21.4 Å². The van der Waals surface area contributed by atoms with Crippen molar-refractivity contribution in [2.75, 3.05) is 0 Å². The Balaban J connectivity index is 1.80. The Hall–Kier alpha value is -3.05. The molecule has 0 aliphatic heterocycles. The molecule has 0 spiro atoms. The molecule has 0 unspecified atom stereocenters. The summed E-state index contributed by atoms with van der Waals surface area (Å²) >= 11 is 1.42. The first-order valence-corrected chi connectivity index (χ1v) is 10.3. The zero-order valence-electron chi connectivity index (χ0n) is 14.3. The second-order valence-corrected chi connectivity index (χ2v) is 8.20. The van der Waals surface area contributed by atoms with Crippen LogP contribution in [-0.2, 0) is 10.1 Å². The van der Waals surface area contributed by atoms with E-state index in [1.807, 2.05) is 5.38 Å². The first kappa shape index (κ1) is 19.3. The molecule has 0 N–H and O–H groups in total. The van der Waals surface area contributed by atoms with E-state index in [0.29, 0.717) is 17.0 Å². The zero-order chi connectivity index (χ0) is 20.6. The fourth-order valence-corrected chi connectivity index (χ4v) is 3.67. The number of alkyl halides is 3. The molecular formula is C18H10F3N3O3S2. The molecule has 3 heterocycles. The molecule has 1 aromatic carbocycles. The standard InChI is InChI=1S/C18H10F3N3O3S2/c19-18(20,21)29(25,26)27-16-6-7-22-14-5-4-11(10-12(14)16)13-2-1-3-15(24-13)17-23-8-9-28-17/h1-10H. The molecule has 11 heteroatoms. The number of pyridine rings is 2. The summed E-state index contributed by atoms with van der Waals surface area (Å²) < 4.78 is 65.2. The quantitative estimate of drug-likeness (QED) is 0.342. The van der Waals surface area contributed by atoms with Crippen LogP contribution in [-0.4, -0.2) is 28.9 Å². The largest absolute Gasteiger partial charge is 0.534 e. The summed E-state index contributed by atoms with van der Waals surface area (Å²) in [6.45, 7) is 0. The SMILES string of the molecule is O=S(=O)(Oc1ccnc2ccc(-c3cccc(-c4nccs4)n3)cc12)C(F)(F)F. The summed E-state index contributed by atoms with van der Waals surface area (Å²) in [7, 11) is -5.81. The molecule has 0 saturated heterocycles. The number of thiazole rings is 1. The van der Waals surface area contributed by atoms with Crippen molar-refractivity contribution in [1.29, 1.82) is 0 Å². The van der Waals surface area contributed by atoms with Gasteiger partial charge in [0, 0.05) is 34.8 Å². The van der Waals surface area contributed by atoms with Gasteiger partial charge in [0.1, 0.15) is 5.01 Å². The number of rotatable bonds is 4. The van der Waals surface area contributed by atoms with Gasteiger partial charge in [0.25, 0.3) is 0 Å². The van der Waals surface area contributed by atoms with Crippen LogP contribution < -0.4 is 4.18 Å². The fourth-order valence-electron chi connectivity index (χ4n) is 2.58. The molecule has 0 radical (unpaired) electrons. The predicted molar refractivity (Wildman–Crippen MR) is 102 cm³/mol. The molecule has 29 heavy (non-hydrogen) atoms. The number of aromatic nitrogens is 3. The first-order chi connectivity index (χ1) is 13.7. The molecule has 0 amide bonds. The van der Waals surface area contributed by atoms with Crippen molar-refractivity contribution in [3.8, 4) is 27.7 Å². The topological polar surface area (TPSA) is 82.0 Å².